The molecule has 0 aliphatic carbocycles. The molecule has 3 rings (SSSR count). The van der Waals surface area contributed by atoms with Crippen LogP contribution in [0, 0.1) is 0 Å². The summed E-state index contributed by atoms with van der Waals surface area (Å²) in [4.78, 5) is 3.95. The molecule has 104 valence electrons. The van der Waals surface area contributed by atoms with E-state index in [0.29, 0.717) is 11.5 Å². The SMILES string of the molecule is CNCC[C@H](Oc1cccc2ccoc12)c1cnco1. The Labute approximate surface area is 116 Å². The molecular formula is C15H16N2O3. The zero-order valence-electron chi connectivity index (χ0n) is 11.2. The van der Waals surface area contributed by atoms with Gasteiger partial charge in [0.15, 0.2) is 29.6 Å². The van der Waals surface area contributed by atoms with Gasteiger partial charge in [0.05, 0.1) is 12.5 Å². The molecule has 5 heteroatoms. The zero-order valence-corrected chi connectivity index (χ0v) is 11.2. The number of rotatable bonds is 6. The fourth-order valence-corrected chi connectivity index (χ4v) is 2.13. The maximum Gasteiger partial charge on any atom is 0.181 e. The van der Waals surface area contributed by atoms with Gasteiger partial charge in [0, 0.05) is 11.8 Å². The number of furan rings is 1. The molecule has 0 unspecified atom stereocenters. The lowest BCUT2D eigenvalue weighted by atomic mass is 10.2. The van der Waals surface area contributed by atoms with Gasteiger partial charge in [0.2, 0.25) is 0 Å². The van der Waals surface area contributed by atoms with Gasteiger partial charge in [-0.05, 0) is 25.7 Å². The third kappa shape index (κ3) is 2.53. The molecule has 1 atom stereocenters. The second kappa shape index (κ2) is 5.79. The number of fused-ring (bicyclic) bond motifs is 1. The third-order valence-corrected chi connectivity index (χ3v) is 3.14. The first-order valence-electron chi connectivity index (χ1n) is 6.54. The number of hydrogen-bond acceptors (Lipinski definition) is 5. The van der Waals surface area contributed by atoms with Crippen molar-refractivity contribution in [1.82, 2.24) is 10.3 Å². The van der Waals surface area contributed by atoms with Crippen molar-refractivity contribution >= 4 is 11.0 Å². The maximum atomic E-state index is 6.07. The van der Waals surface area contributed by atoms with Crippen LogP contribution in [0.4, 0.5) is 0 Å². The molecule has 0 spiro atoms. The van der Waals surface area contributed by atoms with E-state index in [9.17, 15) is 0 Å². The van der Waals surface area contributed by atoms with Gasteiger partial charge in [-0.15, -0.1) is 0 Å². The number of ether oxygens (including phenoxy) is 1. The predicted molar refractivity (Wildman–Crippen MR) is 74.6 cm³/mol. The van der Waals surface area contributed by atoms with Crippen molar-refractivity contribution in [2.75, 3.05) is 13.6 Å². The number of hydrogen-bond donors (Lipinski definition) is 1. The quantitative estimate of drug-likeness (QED) is 0.747. The molecule has 0 radical (unpaired) electrons. The molecule has 3 aromatic rings. The first-order valence-corrected chi connectivity index (χ1v) is 6.54. The summed E-state index contributed by atoms with van der Waals surface area (Å²) in [6.45, 7) is 0.819. The predicted octanol–water partition coefficient (Wildman–Crippen LogP) is 3.15. The fourth-order valence-electron chi connectivity index (χ4n) is 2.13. The van der Waals surface area contributed by atoms with E-state index < -0.39 is 0 Å². The second-order valence-electron chi connectivity index (χ2n) is 4.50. The average Bonchev–Trinajstić information content (AvgIpc) is 3.14. The minimum absolute atomic E-state index is 0.194. The fraction of sp³-hybridized carbons (Fsp3) is 0.267. The summed E-state index contributed by atoms with van der Waals surface area (Å²) in [5.74, 6) is 1.42. The monoisotopic (exact) mass is 272 g/mol. The Balaban J connectivity index is 1.87. The Morgan fingerprint density at radius 1 is 1.30 bits per heavy atom. The molecule has 0 saturated carbocycles. The topological polar surface area (TPSA) is 60.4 Å². The van der Waals surface area contributed by atoms with Gasteiger partial charge in [0.25, 0.3) is 0 Å². The molecule has 0 bridgehead atoms. The summed E-state index contributed by atoms with van der Waals surface area (Å²) in [6.07, 6.45) is 5.35. The van der Waals surface area contributed by atoms with Crippen molar-refractivity contribution in [1.29, 1.82) is 0 Å². The Morgan fingerprint density at radius 3 is 3.05 bits per heavy atom. The van der Waals surface area contributed by atoms with Gasteiger partial charge in [-0.1, -0.05) is 12.1 Å². The van der Waals surface area contributed by atoms with E-state index in [0.717, 1.165) is 23.9 Å². The smallest absolute Gasteiger partial charge is 0.181 e. The standard InChI is InChI=1S/C15H16N2O3/c1-16-7-5-12(14-9-17-10-19-14)20-13-4-2-3-11-6-8-18-15(11)13/h2-4,6,8-10,12,16H,5,7H2,1H3/t12-/m0/s1. The van der Waals surface area contributed by atoms with E-state index in [1.54, 1.807) is 12.5 Å². The Kier molecular flexibility index (Phi) is 3.69. The van der Waals surface area contributed by atoms with Gasteiger partial charge >= 0.3 is 0 Å². The van der Waals surface area contributed by atoms with Crippen LogP contribution in [0.25, 0.3) is 11.0 Å². The molecule has 2 heterocycles. The van der Waals surface area contributed by atoms with Crippen LogP contribution < -0.4 is 10.1 Å². The number of nitrogens with one attached hydrogen (secondary N) is 1. The van der Waals surface area contributed by atoms with Gasteiger partial charge in [-0.2, -0.15) is 0 Å². The lowest BCUT2D eigenvalue weighted by Gasteiger charge is -2.16. The molecule has 20 heavy (non-hydrogen) atoms. The van der Waals surface area contributed by atoms with Crippen molar-refractivity contribution in [2.24, 2.45) is 0 Å². The van der Waals surface area contributed by atoms with Crippen LogP contribution in [0.3, 0.4) is 0 Å². The summed E-state index contributed by atoms with van der Waals surface area (Å²) in [6, 6.07) is 7.75. The number of benzene rings is 1. The van der Waals surface area contributed by atoms with Crippen LogP contribution in [0.15, 0.2) is 52.0 Å². The van der Waals surface area contributed by atoms with Crippen molar-refractivity contribution in [3.05, 3.63) is 48.9 Å². The highest BCUT2D eigenvalue weighted by atomic mass is 16.5. The highest BCUT2D eigenvalue weighted by Gasteiger charge is 2.18. The number of nitrogens with zero attached hydrogens (tertiary/aromatic N) is 1. The first-order chi connectivity index (χ1) is 9.88. The van der Waals surface area contributed by atoms with Gasteiger partial charge < -0.3 is 18.9 Å². The first kappa shape index (κ1) is 12.7. The van der Waals surface area contributed by atoms with Gasteiger partial charge in [-0.25, -0.2) is 4.98 Å². The van der Waals surface area contributed by atoms with Crippen LogP contribution in [-0.2, 0) is 0 Å². The number of oxazole rings is 1. The van der Waals surface area contributed by atoms with Crippen molar-refractivity contribution < 1.29 is 13.6 Å². The van der Waals surface area contributed by atoms with Crippen molar-refractivity contribution in [3.8, 4) is 5.75 Å². The van der Waals surface area contributed by atoms with Crippen LogP contribution >= 0.6 is 0 Å². The molecule has 1 aromatic carbocycles. The Bertz CT molecular complexity index is 661. The van der Waals surface area contributed by atoms with E-state index >= 15 is 0 Å². The molecular weight excluding hydrogens is 256 g/mol. The average molecular weight is 272 g/mol. The number of aromatic nitrogens is 1. The molecule has 0 aliphatic heterocycles. The summed E-state index contributed by atoms with van der Waals surface area (Å²) >= 11 is 0. The minimum atomic E-state index is -0.194. The normalized spacial score (nSPS) is 12.7. The van der Waals surface area contributed by atoms with Crippen molar-refractivity contribution in [3.63, 3.8) is 0 Å². The highest BCUT2D eigenvalue weighted by Crippen LogP contribution is 2.31. The lowest BCUT2D eigenvalue weighted by molar-refractivity contribution is 0.167. The Morgan fingerprint density at radius 2 is 2.25 bits per heavy atom. The minimum Gasteiger partial charge on any atom is -0.478 e. The van der Waals surface area contributed by atoms with Gasteiger partial charge in [0.1, 0.15) is 0 Å². The molecule has 2 aromatic heterocycles. The van der Waals surface area contributed by atoms with Crippen LogP contribution in [0.1, 0.15) is 18.3 Å². The lowest BCUT2D eigenvalue weighted by Crippen LogP contribution is -2.16. The second-order valence-corrected chi connectivity index (χ2v) is 4.50. The molecule has 5 nitrogen and oxygen atoms in total. The molecule has 0 aliphatic rings. The molecule has 0 amide bonds. The summed E-state index contributed by atoms with van der Waals surface area (Å²) in [5, 5.41) is 4.13. The van der Waals surface area contributed by atoms with E-state index in [-0.39, 0.29) is 6.10 Å². The van der Waals surface area contributed by atoms with Crippen LogP contribution in [0.2, 0.25) is 0 Å². The van der Waals surface area contributed by atoms with E-state index in [2.05, 4.69) is 10.3 Å². The maximum absolute atomic E-state index is 6.07. The van der Waals surface area contributed by atoms with Crippen LogP contribution in [0.5, 0.6) is 5.75 Å². The largest absolute Gasteiger partial charge is 0.478 e. The molecule has 0 saturated heterocycles. The summed E-state index contributed by atoms with van der Waals surface area (Å²) in [7, 11) is 1.91. The highest BCUT2D eigenvalue weighted by molar-refractivity contribution is 5.82. The third-order valence-electron chi connectivity index (χ3n) is 3.14. The van der Waals surface area contributed by atoms with E-state index in [4.69, 9.17) is 13.6 Å². The van der Waals surface area contributed by atoms with Crippen LogP contribution in [-0.4, -0.2) is 18.6 Å². The Hall–Kier alpha value is -2.27. The molecule has 0 fully saturated rings. The summed E-state index contributed by atoms with van der Waals surface area (Å²) in [5.41, 5.74) is 0.751. The summed E-state index contributed by atoms with van der Waals surface area (Å²) < 4.78 is 16.9. The van der Waals surface area contributed by atoms with E-state index in [1.165, 1.54) is 6.39 Å². The zero-order chi connectivity index (χ0) is 13.8. The van der Waals surface area contributed by atoms with E-state index in [1.807, 2.05) is 31.3 Å². The number of para-hydroxylation sites is 1. The molecule has 1 N–H and O–H groups in total. The van der Waals surface area contributed by atoms with Crippen molar-refractivity contribution in [2.45, 2.75) is 12.5 Å². The van der Waals surface area contributed by atoms with Gasteiger partial charge in [-0.3, -0.25) is 0 Å².